The Hall–Kier alpha value is -3.57. The molecule has 1 aliphatic rings. The molecular weight excluding hydrogens is 457 g/mol. The minimum Gasteiger partial charge on any atom is -0.459 e. The average Bonchev–Trinajstić information content (AvgIpc) is 3.05. The van der Waals surface area contributed by atoms with Gasteiger partial charge in [0.25, 0.3) is 11.6 Å². The van der Waals surface area contributed by atoms with Crippen molar-refractivity contribution >= 4 is 23.3 Å². The Morgan fingerprint density at radius 3 is 2.29 bits per heavy atom. The van der Waals surface area contributed by atoms with Gasteiger partial charge in [-0.25, -0.2) is 4.79 Å². The molecule has 184 valence electrons. The number of esters is 1. The van der Waals surface area contributed by atoms with Crippen LogP contribution in [0.3, 0.4) is 0 Å². The molecule has 0 unspecified atom stereocenters. The lowest BCUT2D eigenvalue weighted by Gasteiger charge is -2.35. The van der Waals surface area contributed by atoms with Gasteiger partial charge in [-0.15, -0.1) is 0 Å². The van der Waals surface area contributed by atoms with Crippen molar-refractivity contribution in [3.8, 4) is 0 Å². The summed E-state index contributed by atoms with van der Waals surface area (Å²) in [7, 11) is 0. The summed E-state index contributed by atoms with van der Waals surface area (Å²) in [5.41, 5.74) is -0.145. The number of anilines is 1. The first-order chi connectivity index (χ1) is 15.8. The highest BCUT2D eigenvalue weighted by atomic mass is 19.4. The van der Waals surface area contributed by atoms with Crippen molar-refractivity contribution in [2.75, 3.05) is 31.1 Å². The number of hydrogen-bond acceptors (Lipinski definition) is 6. The molecule has 34 heavy (non-hydrogen) atoms. The first-order valence-corrected chi connectivity index (χ1v) is 10.6. The number of carbonyl (C=O) groups is 2. The standard InChI is InChI=1S/C22H25F3N4O5/c1-12(2)34-21(31)18-13(3)19(26-14(18)4)20(30)28-9-7-27(8-10-28)16-6-5-15(22(23,24)25)11-17(16)29(32)33/h5-6,11-12,26H,7-10H2,1-4H3. The second-order valence-electron chi connectivity index (χ2n) is 8.32. The Balaban J connectivity index is 1.76. The maximum absolute atomic E-state index is 13.1. The topological polar surface area (TPSA) is 109 Å². The number of halogens is 3. The van der Waals surface area contributed by atoms with E-state index >= 15 is 0 Å². The summed E-state index contributed by atoms with van der Waals surface area (Å²) in [4.78, 5) is 42.1. The lowest BCUT2D eigenvalue weighted by atomic mass is 10.1. The molecule has 0 bridgehead atoms. The molecule has 3 rings (SSSR count). The number of H-pyrrole nitrogens is 1. The van der Waals surface area contributed by atoms with E-state index in [1.54, 1.807) is 32.6 Å². The molecule has 0 saturated carbocycles. The van der Waals surface area contributed by atoms with E-state index in [-0.39, 0.29) is 49.6 Å². The van der Waals surface area contributed by atoms with Gasteiger partial charge in [-0.2, -0.15) is 13.2 Å². The first-order valence-electron chi connectivity index (χ1n) is 10.6. The SMILES string of the molecule is Cc1[nH]c(C(=O)N2CCN(c3ccc(C(F)(F)F)cc3[N+](=O)[O-])CC2)c(C)c1C(=O)OC(C)C. The summed E-state index contributed by atoms with van der Waals surface area (Å²) in [5.74, 6) is -0.870. The fraction of sp³-hybridized carbons (Fsp3) is 0.455. The number of hydrogen-bond donors (Lipinski definition) is 1. The van der Waals surface area contributed by atoms with E-state index < -0.39 is 28.3 Å². The molecule has 1 fully saturated rings. The van der Waals surface area contributed by atoms with Gasteiger partial charge in [0.05, 0.1) is 22.2 Å². The van der Waals surface area contributed by atoms with E-state index in [9.17, 15) is 32.9 Å². The average molecular weight is 482 g/mol. The fourth-order valence-electron chi connectivity index (χ4n) is 3.97. The normalized spacial score (nSPS) is 14.5. The zero-order valence-electron chi connectivity index (χ0n) is 19.2. The molecule has 1 N–H and O–H groups in total. The molecule has 1 amide bonds. The molecule has 12 heteroatoms. The van der Waals surface area contributed by atoms with Crippen molar-refractivity contribution in [3.63, 3.8) is 0 Å². The number of piperazine rings is 1. The molecule has 2 aromatic rings. The second kappa shape index (κ2) is 9.35. The maximum atomic E-state index is 13.1. The highest BCUT2D eigenvalue weighted by Gasteiger charge is 2.35. The van der Waals surface area contributed by atoms with Crippen LogP contribution in [0.15, 0.2) is 18.2 Å². The quantitative estimate of drug-likeness (QED) is 0.391. The molecule has 0 spiro atoms. The molecule has 1 aliphatic heterocycles. The van der Waals surface area contributed by atoms with E-state index in [0.717, 1.165) is 12.1 Å². The van der Waals surface area contributed by atoms with Crippen LogP contribution in [0.2, 0.25) is 0 Å². The zero-order chi connectivity index (χ0) is 25.4. The molecule has 1 saturated heterocycles. The Kier molecular flexibility index (Phi) is 6.89. The summed E-state index contributed by atoms with van der Waals surface area (Å²) in [5, 5.41) is 11.4. The largest absolute Gasteiger partial charge is 0.459 e. The van der Waals surface area contributed by atoms with Crippen molar-refractivity contribution in [2.45, 2.75) is 40.0 Å². The highest BCUT2D eigenvalue weighted by Crippen LogP contribution is 2.37. The van der Waals surface area contributed by atoms with E-state index in [0.29, 0.717) is 22.9 Å². The van der Waals surface area contributed by atoms with Crippen LogP contribution in [-0.4, -0.2) is 59.0 Å². The number of nitro groups is 1. The number of alkyl halides is 3. The van der Waals surface area contributed by atoms with Gasteiger partial charge < -0.3 is 19.5 Å². The van der Waals surface area contributed by atoms with E-state index in [2.05, 4.69) is 4.98 Å². The van der Waals surface area contributed by atoms with Crippen LogP contribution in [0.5, 0.6) is 0 Å². The predicted molar refractivity (Wildman–Crippen MR) is 117 cm³/mol. The summed E-state index contributed by atoms with van der Waals surface area (Å²) in [6.45, 7) is 7.54. The van der Waals surface area contributed by atoms with Crippen LogP contribution >= 0.6 is 0 Å². The first kappa shape index (κ1) is 25.1. The molecule has 0 radical (unpaired) electrons. The van der Waals surface area contributed by atoms with E-state index in [4.69, 9.17) is 4.74 Å². The van der Waals surface area contributed by atoms with Crippen LogP contribution in [0.1, 0.15) is 51.5 Å². The molecule has 0 aliphatic carbocycles. The number of ether oxygens (including phenoxy) is 1. The van der Waals surface area contributed by atoms with Crippen molar-refractivity contribution < 1.29 is 32.4 Å². The van der Waals surface area contributed by atoms with Gasteiger partial charge in [0.1, 0.15) is 11.4 Å². The van der Waals surface area contributed by atoms with Crippen LogP contribution in [0.4, 0.5) is 24.5 Å². The number of nitro benzene ring substituents is 1. The van der Waals surface area contributed by atoms with Gasteiger partial charge in [-0.1, -0.05) is 0 Å². The van der Waals surface area contributed by atoms with Gasteiger partial charge in [0, 0.05) is 37.9 Å². The number of nitrogens with zero attached hydrogens (tertiary/aromatic N) is 3. The second-order valence-corrected chi connectivity index (χ2v) is 8.32. The summed E-state index contributed by atoms with van der Waals surface area (Å²) >= 11 is 0. The van der Waals surface area contributed by atoms with Gasteiger partial charge in [-0.3, -0.25) is 14.9 Å². The summed E-state index contributed by atoms with van der Waals surface area (Å²) in [6.07, 6.45) is -5.01. The predicted octanol–water partition coefficient (Wildman–Crippen LogP) is 4.09. The van der Waals surface area contributed by atoms with Gasteiger partial charge in [0.2, 0.25) is 0 Å². The molecule has 0 atom stereocenters. The Morgan fingerprint density at radius 2 is 1.76 bits per heavy atom. The van der Waals surface area contributed by atoms with Gasteiger partial charge >= 0.3 is 12.1 Å². The molecule has 1 aromatic heterocycles. The number of nitrogens with one attached hydrogen (secondary N) is 1. The smallest absolute Gasteiger partial charge is 0.416 e. The molecular formula is C22H25F3N4O5. The Morgan fingerprint density at radius 1 is 1.15 bits per heavy atom. The number of aromatic nitrogens is 1. The van der Waals surface area contributed by atoms with E-state index in [1.807, 2.05) is 0 Å². The van der Waals surface area contributed by atoms with E-state index in [1.165, 1.54) is 4.90 Å². The number of aromatic amines is 1. The monoisotopic (exact) mass is 482 g/mol. The van der Waals surface area contributed by atoms with Gasteiger partial charge in [0.15, 0.2) is 0 Å². The summed E-state index contributed by atoms with van der Waals surface area (Å²) in [6, 6.07) is 2.42. The number of aryl methyl sites for hydroxylation is 1. The van der Waals surface area contributed by atoms with Crippen LogP contribution in [-0.2, 0) is 10.9 Å². The lowest BCUT2D eigenvalue weighted by molar-refractivity contribution is -0.384. The Labute approximate surface area is 193 Å². The van der Waals surface area contributed by atoms with Crippen molar-refractivity contribution in [1.82, 2.24) is 9.88 Å². The minimum absolute atomic E-state index is 0.0655. The third-order valence-corrected chi connectivity index (χ3v) is 5.61. The Bertz CT molecular complexity index is 1120. The van der Waals surface area contributed by atoms with Crippen molar-refractivity contribution in [3.05, 3.63) is 56.4 Å². The summed E-state index contributed by atoms with van der Waals surface area (Å²) < 4.78 is 44.2. The third-order valence-electron chi connectivity index (χ3n) is 5.61. The molecule has 9 nitrogen and oxygen atoms in total. The maximum Gasteiger partial charge on any atom is 0.416 e. The molecule has 1 aromatic carbocycles. The fourth-order valence-corrected chi connectivity index (χ4v) is 3.97. The number of benzene rings is 1. The molecule has 2 heterocycles. The minimum atomic E-state index is -4.69. The number of carbonyl (C=O) groups excluding carboxylic acids is 2. The van der Waals surface area contributed by atoms with Gasteiger partial charge in [-0.05, 0) is 45.4 Å². The van der Waals surface area contributed by atoms with Crippen molar-refractivity contribution in [1.29, 1.82) is 0 Å². The highest BCUT2D eigenvalue weighted by molar-refractivity contribution is 6.00. The van der Waals surface area contributed by atoms with Crippen LogP contribution in [0.25, 0.3) is 0 Å². The lowest BCUT2D eigenvalue weighted by Crippen LogP contribution is -2.49. The van der Waals surface area contributed by atoms with Crippen LogP contribution < -0.4 is 4.90 Å². The van der Waals surface area contributed by atoms with Crippen LogP contribution in [0, 0.1) is 24.0 Å². The zero-order valence-corrected chi connectivity index (χ0v) is 19.2. The third kappa shape index (κ3) is 5.00. The number of amides is 1. The van der Waals surface area contributed by atoms with Crippen molar-refractivity contribution in [2.24, 2.45) is 0 Å². The number of rotatable bonds is 5.